The van der Waals surface area contributed by atoms with Gasteiger partial charge in [0.25, 0.3) is 0 Å². The summed E-state index contributed by atoms with van der Waals surface area (Å²) in [6.45, 7) is 3.91. The zero-order valence-corrected chi connectivity index (χ0v) is 15.5. The van der Waals surface area contributed by atoms with Crippen LogP contribution in [0.25, 0.3) is 10.2 Å². The lowest BCUT2D eigenvalue weighted by Crippen LogP contribution is -2.19. The highest BCUT2D eigenvalue weighted by atomic mass is 32.1. The number of carbonyl (C=O) groups excluding carboxylic acids is 1. The SMILES string of the molecule is C=CC(=O)NCc1cccc(CCC#Cc2cc(O)c3nc(N)sc3c2)c1. The first kappa shape index (κ1) is 18.5. The number of nitrogen functional groups attached to an aromatic ring is 1. The van der Waals surface area contributed by atoms with Crippen molar-refractivity contribution in [2.24, 2.45) is 0 Å². The molecule has 2 aromatic carbocycles. The molecular weight excluding hydrogens is 358 g/mol. The molecule has 0 radical (unpaired) electrons. The molecule has 0 aliphatic carbocycles. The minimum atomic E-state index is -0.186. The molecule has 136 valence electrons. The van der Waals surface area contributed by atoms with E-state index in [4.69, 9.17) is 5.73 Å². The van der Waals surface area contributed by atoms with Gasteiger partial charge in [0.2, 0.25) is 5.91 Å². The minimum absolute atomic E-state index is 0.0963. The van der Waals surface area contributed by atoms with E-state index < -0.39 is 0 Å². The molecule has 0 atom stereocenters. The quantitative estimate of drug-likeness (QED) is 0.470. The third kappa shape index (κ3) is 4.87. The molecule has 4 N–H and O–H groups in total. The molecule has 3 rings (SSSR count). The number of aryl methyl sites for hydroxylation is 1. The number of aromatic hydroxyl groups is 1. The van der Waals surface area contributed by atoms with Crippen LogP contribution in [0.2, 0.25) is 0 Å². The van der Waals surface area contributed by atoms with E-state index in [1.165, 1.54) is 17.4 Å². The highest BCUT2D eigenvalue weighted by Gasteiger charge is 2.07. The molecule has 0 saturated carbocycles. The first-order valence-electron chi connectivity index (χ1n) is 8.41. The molecule has 27 heavy (non-hydrogen) atoms. The Balaban J connectivity index is 1.62. The Morgan fingerprint density at radius 3 is 2.96 bits per heavy atom. The Morgan fingerprint density at radius 2 is 2.15 bits per heavy atom. The summed E-state index contributed by atoms with van der Waals surface area (Å²) < 4.78 is 0.825. The summed E-state index contributed by atoms with van der Waals surface area (Å²) >= 11 is 1.33. The average molecular weight is 377 g/mol. The summed E-state index contributed by atoms with van der Waals surface area (Å²) in [6.07, 6.45) is 2.75. The first-order valence-corrected chi connectivity index (χ1v) is 9.23. The van der Waals surface area contributed by atoms with Gasteiger partial charge in [0.05, 0.1) is 4.70 Å². The van der Waals surface area contributed by atoms with E-state index >= 15 is 0 Å². The van der Waals surface area contributed by atoms with E-state index in [0.717, 1.165) is 27.8 Å². The molecule has 1 aromatic heterocycles. The number of nitrogens with one attached hydrogen (secondary N) is 1. The van der Waals surface area contributed by atoms with Gasteiger partial charge < -0.3 is 16.2 Å². The number of carbonyl (C=O) groups is 1. The number of amides is 1. The Morgan fingerprint density at radius 1 is 1.33 bits per heavy atom. The zero-order chi connectivity index (χ0) is 19.2. The molecule has 0 unspecified atom stereocenters. The van der Waals surface area contributed by atoms with Crippen molar-refractivity contribution in [3.05, 3.63) is 65.7 Å². The molecule has 3 aromatic rings. The summed E-state index contributed by atoms with van der Waals surface area (Å²) in [5.41, 5.74) is 9.14. The van der Waals surface area contributed by atoms with Gasteiger partial charge in [-0.25, -0.2) is 4.98 Å². The molecule has 1 heterocycles. The molecule has 0 spiro atoms. The Kier molecular flexibility index (Phi) is 5.74. The van der Waals surface area contributed by atoms with Gasteiger partial charge >= 0.3 is 0 Å². The van der Waals surface area contributed by atoms with Crippen LogP contribution < -0.4 is 11.1 Å². The molecule has 0 bridgehead atoms. The first-order chi connectivity index (χ1) is 13.0. The lowest BCUT2D eigenvalue weighted by atomic mass is 10.1. The van der Waals surface area contributed by atoms with Crippen LogP contribution in [-0.2, 0) is 17.8 Å². The number of phenols is 1. The van der Waals surface area contributed by atoms with Crippen LogP contribution in [0.4, 0.5) is 5.13 Å². The predicted molar refractivity (Wildman–Crippen MR) is 109 cm³/mol. The van der Waals surface area contributed by atoms with E-state index in [1.807, 2.05) is 24.3 Å². The van der Waals surface area contributed by atoms with Crippen molar-refractivity contribution in [2.45, 2.75) is 19.4 Å². The van der Waals surface area contributed by atoms with Gasteiger partial charge in [0.1, 0.15) is 11.3 Å². The topological polar surface area (TPSA) is 88.2 Å². The molecule has 0 saturated heterocycles. The van der Waals surface area contributed by atoms with Crippen LogP contribution in [0.5, 0.6) is 5.75 Å². The third-order valence-electron chi connectivity index (χ3n) is 3.91. The van der Waals surface area contributed by atoms with E-state index in [2.05, 4.69) is 34.8 Å². The van der Waals surface area contributed by atoms with Crippen LogP contribution in [0.3, 0.4) is 0 Å². The van der Waals surface area contributed by atoms with Crippen molar-refractivity contribution in [3.63, 3.8) is 0 Å². The van der Waals surface area contributed by atoms with Crippen LogP contribution in [0, 0.1) is 11.8 Å². The molecule has 0 aliphatic heterocycles. The number of anilines is 1. The fourth-order valence-corrected chi connectivity index (χ4v) is 3.42. The standard InChI is InChI=1S/C21H19N3O2S/c1-2-19(26)23-13-16-9-5-8-14(10-16)6-3-4-7-15-11-17(25)20-18(12-15)27-21(22)24-20/h2,5,8-12,25H,1,3,6,13H2,(H2,22,24)(H,23,26). The molecule has 0 fully saturated rings. The summed E-state index contributed by atoms with van der Waals surface area (Å²) in [6, 6.07) is 11.5. The number of rotatable bonds is 5. The van der Waals surface area contributed by atoms with Crippen molar-refractivity contribution in [1.29, 1.82) is 0 Å². The summed E-state index contributed by atoms with van der Waals surface area (Å²) in [4.78, 5) is 15.3. The summed E-state index contributed by atoms with van der Waals surface area (Å²) in [5.74, 6) is 6.13. The second-order valence-corrected chi connectivity index (χ2v) is 7.00. The van der Waals surface area contributed by atoms with Crippen molar-refractivity contribution < 1.29 is 9.90 Å². The molecular formula is C21H19N3O2S. The van der Waals surface area contributed by atoms with E-state index in [1.54, 1.807) is 6.07 Å². The normalized spacial score (nSPS) is 10.2. The van der Waals surface area contributed by atoms with Gasteiger partial charge in [-0.3, -0.25) is 4.79 Å². The van der Waals surface area contributed by atoms with Gasteiger partial charge in [0.15, 0.2) is 5.13 Å². The maximum absolute atomic E-state index is 11.2. The number of hydrogen-bond acceptors (Lipinski definition) is 5. The van der Waals surface area contributed by atoms with Gasteiger partial charge in [-0.15, -0.1) is 0 Å². The van der Waals surface area contributed by atoms with Crippen molar-refractivity contribution in [1.82, 2.24) is 10.3 Å². The maximum atomic E-state index is 11.2. The van der Waals surface area contributed by atoms with Crippen molar-refractivity contribution in [2.75, 3.05) is 5.73 Å². The van der Waals surface area contributed by atoms with Gasteiger partial charge in [-0.05, 0) is 35.8 Å². The fourth-order valence-electron chi connectivity index (χ4n) is 2.63. The Hall–Kier alpha value is -3.30. The number of fused-ring (bicyclic) bond motifs is 1. The number of nitrogens with two attached hydrogens (primary N) is 1. The van der Waals surface area contributed by atoms with Crippen molar-refractivity contribution >= 4 is 32.6 Å². The number of nitrogens with zero attached hydrogens (tertiary/aromatic N) is 1. The van der Waals surface area contributed by atoms with Gasteiger partial charge in [0, 0.05) is 18.5 Å². The monoisotopic (exact) mass is 377 g/mol. The van der Waals surface area contributed by atoms with Gasteiger partial charge in [-0.2, -0.15) is 0 Å². The molecule has 5 nitrogen and oxygen atoms in total. The minimum Gasteiger partial charge on any atom is -0.506 e. The number of thiazole rings is 1. The van der Waals surface area contributed by atoms with Crippen LogP contribution in [-0.4, -0.2) is 16.0 Å². The van der Waals surface area contributed by atoms with E-state index in [0.29, 0.717) is 23.6 Å². The van der Waals surface area contributed by atoms with Crippen LogP contribution in [0.1, 0.15) is 23.1 Å². The lowest BCUT2D eigenvalue weighted by Gasteiger charge is -2.05. The largest absolute Gasteiger partial charge is 0.506 e. The maximum Gasteiger partial charge on any atom is 0.243 e. The predicted octanol–water partition coefficient (Wildman–Crippen LogP) is 3.37. The fraction of sp³-hybridized carbons (Fsp3) is 0.143. The summed E-state index contributed by atoms with van der Waals surface area (Å²) in [5, 5.41) is 13.2. The van der Waals surface area contributed by atoms with E-state index in [-0.39, 0.29) is 11.7 Å². The smallest absolute Gasteiger partial charge is 0.243 e. The number of hydrogen-bond donors (Lipinski definition) is 3. The Labute approximate surface area is 161 Å². The second-order valence-electron chi connectivity index (χ2n) is 5.94. The molecule has 0 aliphatic rings. The van der Waals surface area contributed by atoms with Crippen LogP contribution in [0.15, 0.2) is 49.1 Å². The zero-order valence-electron chi connectivity index (χ0n) is 14.7. The number of aromatic nitrogens is 1. The van der Waals surface area contributed by atoms with E-state index in [9.17, 15) is 9.90 Å². The highest BCUT2D eigenvalue weighted by molar-refractivity contribution is 7.22. The van der Waals surface area contributed by atoms with Crippen molar-refractivity contribution in [3.8, 4) is 17.6 Å². The second kappa shape index (κ2) is 8.39. The Bertz CT molecular complexity index is 1060. The number of phenolic OH excluding ortho intramolecular Hbond substituents is 1. The van der Waals surface area contributed by atoms with Gasteiger partial charge in [-0.1, -0.05) is 54.0 Å². The van der Waals surface area contributed by atoms with Crippen LogP contribution >= 0.6 is 11.3 Å². The lowest BCUT2D eigenvalue weighted by molar-refractivity contribution is -0.116. The average Bonchev–Trinajstić information content (AvgIpc) is 3.04. The number of benzene rings is 2. The third-order valence-corrected chi connectivity index (χ3v) is 4.74. The molecule has 1 amide bonds. The molecule has 6 heteroatoms. The summed E-state index contributed by atoms with van der Waals surface area (Å²) in [7, 11) is 0. The highest BCUT2D eigenvalue weighted by Crippen LogP contribution is 2.31.